The third kappa shape index (κ3) is 4.16. The Morgan fingerprint density at radius 2 is 1.93 bits per heavy atom. The first-order chi connectivity index (χ1) is 13.6. The number of halogens is 1. The molecule has 0 fully saturated rings. The molecule has 6 heteroatoms. The highest BCUT2D eigenvalue weighted by atomic mass is 35.5. The molecule has 0 spiro atoms. The predicted molar refractivity (Wildman–Crippen MR) is 113 cm³/mol. The van der Waals surface area contributed by atoms with Gasteiger partial charge >= 0.3 is 0 Å². The van der Waals surface area contributed by atoms with Crippen LogP contribution in [0.1, 0.15) is 29.3 Å². The molecule has 1 amide bonds. The van der Waals surface area contributed by atoms with Gasteiger partial charge in [0.05, 0.1) is 17.7 Å². The molecule has 142 valence electrons. The average molecular weight is 411 g/mol. The largest absolute Gasteiger partial charge is 0.467 e. The van der Waals surface area contributed by atoms with Crippen LogP contribution in [0.25, 0.3) is 0 Å². The van der Waals surface area contributed by atoms with Gasteiger partial charge in [-0.15, -0.1) is 11.8 Å². The number of amides is 1. The van der Waals surface area contributed by atoms with Gasteiger partial charge < -0.3 is 4.42 Å². The van der Waals surface area contributed by atoms with Gasteiger partial charge in [-0.2, -0.15) is 5.10 Å². The van der Waals surface area contributed by atoms with E-state index in [4.69, 9.17) is 16.0 Å². The maximum absolute atomic E-state index is 13.0. The molecule has 0 saturated heterocycles. The van der Waals surface area contributed by atoms with Crippen molar-refractivity contribution in [3.8, 4) is 0 Å². The van der Waals surface area contributed by atoms with Crippen LogP contribution >= 0.6 is 23.4 Å². The van der Waals surface area contributed by atoms with E-state index in [0.717, 1.165) is 21.9 Å². The first-order valence-electron chi connectivity index (χ1n) is 8.98. The number of carbonyl (C=O) groups is 1. The van der Waals surface area contributed by atoms with E-state index in [1.165, 1.54) is 17.3 Å². The second-order valence-electron chi connectivity index (χ2n) is 6.63. The second-order valence-corrected chi connectivity index (χ2v) is 8.11. The fraction of sp³-hybridized carbons (Fsp3) is 0.182. The molecule has 4 rings (SSSR count). The van der Waals surface area contributed by atoms with Gasteiger partial charge in [-0.25, -0.2) is 5.01 Å². The summed E-state index contributed by atoms with van der Waals surface area (Å²) in [5.74, 6) is 1.01. The van der Waals surface area contributed by atoms with Crippen molar-refractivity contribution in [2.45, 2.75) is 24.3 Å². The zero-order valence-electron chi connectivity index (χ0n) is 15.3. The lowest BCUT2D eigenvalue weighted by molar-refractivity contribution is -0.130. The van der Waals surface area contributed by atoms with E-state index in [9.17, 15) is 4.79 Å². The number of aryl methyl sites for hydroxylation is 1. The summed E-state index contributed by atoms with van der Waals surface area (Å²) in [5.41, 5.74) is 3.01. The van der Waals surface area contributed by atoms with Crippen molar-refractivity contribution in [3.05, 3.63) is 88.8 Å². The van der Waals surface area contributed by atoms with E-state index in [1.54, 1.807) is 11.3 Å². The Bertz CT molecular complexity index is 982. The van der Waals surface area contributed by atoms with Crippen LogP contribution in [0.15, 0.2) is 81.3 Å². The third-order valence-electron chi connectivity index (χ3n) is 4.60. The minimum atomic E-state index is -0.230. The number of hydrogen-bond acceptors (Lipinski definition) is 4. The number of hydrazone groups is 1. The summed E-state index contributed by atoms with van der Waals surface area (Å²) < 4.78 is 5.58. The minimum Gasteiger partial charge on any atom is -0.467 e. The molecular weight excluding hydrogens is 392 g/mol. The van der Waals surface area contributed by atoms with E-state index in [0.29, 0.717) is 17.2 Å². The Hall–Kier alpha value is -2.50. The molecule has 1 aliphatic heterocycles. The fourth-order valence-corrected chi connectivity index (χ4v) is 3.98. The average Bonchev–Trinajstić information content (AvgIpc) is 3.37. The maximum Gasteiger partial charge on any atom is 0.253 e. The van der Waals surface area contributed by atoms with Gasteiger partial charge in [0.1, 0.15) is 11.8 Å². The molecule has 0 bridgehead atoms. The van der Waals surface area contributed by atoms with Crippen LogP contribution in [0.4, 0.5) is 0 Å². The molecule has 0 saturated carbocycles. The summed E-state index contributed by atoms with van der Waals surface area (Å²) in [5, 5.41) is 6.87. The predicted octanol–water partition coefficient (Wildman–Crippen LogP) is 5.71. The smallest absolute Gasteiger partial charge is 0.253 e. The Labute approximate surface area is 173 Å². The number of nitrogens with zero attached hydrogens (tertiary/aromatic N) is 2. The summed E-state index contributed by atoms with van der Waals surface area (Å²) in [6.07, 6.45) is 2.23. The fourth-order valence-electron chi connectivity index (χ4n) is 3.11. The van der Waals surface area contributed by atoms with Gasteiger partial charge in [-0.3, -0.25) is 4.79 Å². The second kappa shape index (κ2) is 8.25. The van der Waals surface area contributed by atoms with Crippen molar-refractivity contribution >= 4 is 35.0 Å². The number of carbonyl (C=O) groups excluding carboxylic acids is 1. The lowest BCUT2D eigenvalue weighted by atomic mass is 10.0. The zero-order chi connectivity index (χ0) is 19.5. The molecule has 0 aliphatic carbocycles. The number of furan rings is 1. The van der Waals surface area contributed by atoms with Gasteiger partial charge in [-0.05, 0) is 48.9 Å². The standard InChI is InChI=1S/C22H19ClN2O2S/c1-15-4-10-18(11-5-15)28-14-22(26)25-20(21-3-2-12-27-21)13-19(24-25)16-6-8-17(23)9-7-16/h2-12,20H,13-14H2,1H3. The van der Waals surface area contributed by atoms with E-state index in [-0.39, 0.29) is 11.9 Å². The van der Waals surface area contributed by atoms with Crippen molar-refractivity contribution in [1.82, 2.24) is 5.01 Å². The number of benzene rings is 2. The van der Waals surface area contributed by atoms with Crippen LogP contribution in [-0.2, 0) is 4.79 Å². The molecule has 1 unspecified atom stereocenters. The van der Waals surface area contributed by atoms with Gasteiger partial charge in [0.15, 0.2) is 0 Å². The summed E-state index contributed by atoms with van der Waals surface area (Å²) in [4.78, 5) is 14.0. The molecule has 3 aromatic rings. The molecule has 0 N–H and O–H groups in total. The topological polar surface area (TPSA) is 45.8 Å². The molecule has 2 aromatic carbocycles. The number of rotatable bonds is 5. The van der Waals surface area contributed by atoms with E-state index < -0.39 is 0 Å². The van der Waals surface area contributed by atoms with E-state index in [2.05, 4.69) is 5.10 Å². The van der Waals surface area contributed by atoms with Crippen LogP contribution in [-0.4, -0.2) is 22.4 Å². The van der Waals surface area contributed by atoms with Gasteiger partial charge in [0.25, 0.3) is 5.91 Å². The van der Waals surface area contributed by atoms with Crippen LogP contribution in [0.3, 0.4) is 0 Å². The molecule has 2 heterocycles. The highest BCUT2D eigenvalue weighted by molar-refractivity contribution is 8.00. The Morgan fingerprint density at radius 3 is 2.61 bits per heavy atom. The van der Waals surface area contributed by atoms with Gasteiger partial charge in [0.2, 0.25) is 0 Å². The van der Waals surface area contributed by atoms with Crippen molar-refractivity contribution in [2.75, 3.05) is 5.75 Å². The molecule has 0 radical (unpaired) electrons. The van der Waals surface area contributed by atoms with Crippen molar-refractivity contribution in [3.63, 3.8) is 0 Å². The zero-order valence-corrected chi connectivity index (χ0v) is 16.9. The monoisotopic (exact) mass is 410 g/mol. The summed E-state index contributed by atoms with van der Waals surface area (Å²) in [6.45, 7) is 2.05. The van der Waals surface area contributed by atoms with Crippen LogP contribution < -0.4 is 0 Å². The lowest BCUT2D eigenvalue weighted by Gasteiger charge is -2.19. The van der Waals surface area contributed by atoms with Crippen LogP contribution in [0, 0.1) is 6.92 Å². The minimum absolute atomic E-state index is 0.0454. The molecule has 1 aliphatic rings. The van der Waals surface area contributed by atoms with Crippen LogP contribution in [0.2, 0.25) is 5.02 Å². The number of thioether (sulfide) groups is 1. The molecule has 28 heavy (non-hydrogen) atoms. The summed E-state index contributed by atoms with van der Waals surface area (Å²) >= 11 is 7.51. The van der Waals surface area contributed by atoms with Crippen molar-refractivity contribution in [2.24, 2.45) is 5.10 Å². The highest BCUT2D eigenvalue weighted by Gasteiger charge is 2.34. The third-order valence-corrected chi connectivity index (χ3v) is 5.85. The van der Waals surface area contributed by atoms with Crippen molar-refractivity contribution in [1.29, 1.82) is 0 Å². The molecule has 1 aromatic heterocycles. The molecule has 1 atom stereocenters. The van der Waals surface area contributed by atoms with Gasteiger partial charge in [-0.1, -0.05) is 41.4 Å². The number of hydrogen-bond donors (Lipinski definition) is 0. The lowest BCUT2D eigenvalue weighted by Crippen LogP contribution is -2.28. The Balaban J connectivity index is 1.54. The Morgan fingerprint density at radius 1 is 1.18 bits per heavy atom. The van der Waals surface area contributed by atoms with E-state index in [1.807, 2.05) is 67.6 Å². The summed E-state index contributed by atoms with van der Waals surface area (Å²) in [7, 11) is 0. The van der Waals surface area contributed by atoms with Gasteiger partial charge in [0, 0.05) is 16.3 Å². The van der Waals surface area contributed by atoms with E-state index >= 15 is 0 Å². The Kier molecular flexibility index (Phi) is 5.55. The normalized spacial score (nSPS) is 16.3. The first-order valence-corrected chi connectivity index (χ1v) is 10.3. The molecular formula is C22H19ClN2O2S. The summed E-state index contributed by atoms with van der Waals surface area (Å²) in [6, 6.07) is 19.2. The van der Waals surface area contributed by atoms with Crippen molar-refractivity contribution < 1.29 is 9.21 Å². The first kappa shape index (κ1) is 18.8. The highest BCUT2D eigenvalue weighted by Crippen LogP contribution is 2.34. The molecule has 4 nitrogen and oxygen atoms in total. The van der Waals surface area contributed by atoms with Crippen LogP contribution in [0.5, 0.6) is 0 Å². The quantitative estimate of drug-likeness (QED) is 0.506. The maximum atomic E-state index is 13.0. The SMILES string of the molecule is Cc1ccc(SCC(=O)N2N=C(c3ccc(Cl)cc3)CC2c2ccco2)cc1.